The fourth-order valence-electron chi connectivity index (χ4n) is 3.18. The van der Waals surface area contributed by atoms with Gasteiger partial charge in [-0.25, -0.2) is 0 Å². The van der Waals surface area contributed by atoms with Crippen molar-refractivity contribution >= 4 is 11.3 Å². The summed E-state index contributed by atoms with van der Waals surface area (Å²) in [4.78, 5) is 8.22. The van der Waals surface area contributed by atoms with Gasteiger partial charge in [0, 0.05) is 17.5 Å². The number of benzene rings is 1. The molecule has 0 aliphatic heterocycles. The Morgan fingerprint density at radius 2 is 1.97 bits per heavy atom. The maximum atomic E-state index is 5.50. The van der Waals surface area contributed by atoms with Crippen LogP contribution in [0.3, 0.4) is 0 Å². The van der Waals surface area contributed by atoms with Gasteiger partial charge in [0.15, 0.2) is 5.76 Å². The Kier molecular flexibility index (Phi) is 6.07. The van der Waals surface area contributed by atoms with Crippen LogP contribution in [0.5, 0.6) is 5.75 Å². The lowest BCUT2D eigenvalue weighted by Gasteiger charge is -2.27. The molecular weight excluding hydrogens is 386 g/mol. The van der Waals surface area contributed by atoms with Gasteiger partial charge in [-0.3, -0.25) is 4.90 Å². The van der Waals surface area contributed by atoms with E-state index in [0.717, 1.165) is 18.7 Å². The van der Waals surface area contributed by atoms with Crippen molar-refractivity contribution in [3.63, 3.8) is 0 Å². The Morgan fingerprint density at radius 3 is 2.66 bits per heavy atom. The van der Waals surface area contributed by atoms with Crippen LogP contribution >= 0.6 is 11.3 Å². The van der Waals surface area contributed by atoms with E-state index in [0.29, 0.717) is 30.1 Å². The maximum Gasteiger partial charge on any atom is 0.241 e. The summed E-state index contributed by atoms with van der Waals surface area (Å²) < 4.78 is 16.1. The fourth-order valence-corrected chi connectivity index (χ4v) is 4.01. The Hall–Kier alpha value is -2.90. The topological polar surface area (TPSA) is 64.5 Å². The normalized spacial score (nSPS) is 12.4. The number of hydrogen-bond donors (Lipinski definition) is 0. The summed E-state index contributed by atoms with van der Waals surface area (Å²) in [6.07, 6.45) is 2.57. The summed E-state index contributed by atoms with van der Waals surface area (Å²) in [7, 11) is 1.68. The number of methoxy groups -OCH3 is 1. The van der Waals surface area contributed by atoms with Crippen LogP contribution in [0.25, 0.3) is 11.6 Å². The number of furan rings is 1. The van der Waals surface area contributed by atoms with Crippen molar-refractivity contribution in [2.24, 2.45) is 0 Å². The van der Waals surface area contributed by atoms with Crippen molar-refractivity contribution < 1.29 is 13.7 Å². The first-order valence-corrected chi connectivity index (χ1v) is 10.3. The smallest absolute Gasteiger partial charge is 0.241 e. The molecule has 0 bridgehead atoms. The summed E-state index contributed by atoms with van der Waals surface area (Å²) in [5.74, 6) is 2.50. The number of thiophene rings is 1. The molecule has 0 saturated carbocycles. The first-order chi connectivity index (χ1) is 14.2. The van der Waals surface area contributed by atoms with Gasteiger partial charge in [-0.1, -0.05) is 23.4 Å². The number of nitrogens with zero attached hydrogens (tertiary/aromatic N) is 3. The molecular formula is C22H23N3O3S. The van der Waals surface area contributed by atoms with Gasteiger partial charge >= 0.3 is 0 Å². The minimum absolute atomic E-state index is 0.301. The summed E-state index contributed by atoms with van der Waals surface area (Å²) in [6.45, 7) is 3.56. The van der Waals surface area contributed by atoms with Crippen LogP contribution in [0, 0.1) is 0 Å². The number of rotatable bonds is 9. The van der Waals surface area contributed by atoms with Crippen LogP contribution in [0.1, 0.15) is 23.3 Å². The van der Waals surface area contributed by atoms with Crippen molar-refractivity contribution in [1.82, 2.24) is 15.0 Å². The predicted molar refractivity (Wildman–Crippen MR) is 112 cm³/mol. The van der Waals surface area contributed by atoms with E-state index in [-0.39, 0.29) is 0 Å². The van der Waals surface area contributed by atoms with Gasteiger partial charge < -0.3 is 13.7 Å². The van der Waals surface area contributed by atoms with E-state index in [1.165, 1.54) is 10.4 Å². The standard InChI is InChI=1S/C22H23N3O3S/c1-16(13-19-5-4-12-29-19)25(14-17-7-9-18(26-2)10-8-17)15-21-23-22(24-28-21)20-6-3-11-27-20/h3-12,16H,13-15H2,1-2H3/t16-/m1/s1. The third-order valence-corrected chi connectivity index (χ3v) is 5.69. The van der Waals surface area contributed by atoms with Crippen molar-refractivity contribution in [3.8, 4) is 17.3 Å². The predicted octanol–water partition coefficient (Wildman–Crippen LogP) is 5.03. The Bertz CT molecular complexity index is 995. The van der Waals surface area contributed by atoms with E-state index in [9.17, 15) is 0 Å². The zero-order chi connectivity index (χ0) is 20.1. The Balaban J connectivity index is 1.51. The minimum Gasteiger partial charge on any atom is -0.497 e. The monoisotopic (exact) mass is 409 g/mol. The molecule has 0 aliphatic carbocycles. The zero-order valence-corrected chi connectivity index (χ0v) is 17.3. The first kappa shape index (κ1) is 19.4. The van der Waals surface area contributed by atoms with Crippen molar-refractivity contribution in [2.45, 2.75) is 32.5 Å². The highest BCUT2D eigenvalue weighted by atomic mass is 32.1. The molecule has 6 nitrogen and oxygen atoms in total. The molecule has 0 saturated heterocycles. The van der Waals surface area contributed by atoms with Gasteiger partial charge in [-0.2, -0.15) is 4.98 Å². The molecule has 0 aliphatic rings. The zero-order valence-electron chi connectivity index (χ0n) is 16.4. The van der Waals surface area contributed by atoms with Crippen molar-refractivity contribution in [1.29, 1.82) is 0 Å². The lowest BCUT2D eigenvalue weighted by molar-refractivity contribution is 0.165. The average Bonchev–Trinajstić information content (AvgIpc) is 3.50. The molecule has 0 amide bonds. The Morgan fingerprint density at radius 1 is 1.10 bits per heavy atom. The van der Waals surface area contributed by atoms with Gasteiger partial charge in [0.2, 0.25) is 11.7 Å². The second-order valence-corrected chi connectivity index (χ2v) is 7.91. The largest absolute Gasteiger partial charge is 0.497 e. The molecule has 0 unspecified atom stereocenters. The van der Waals surface area contributed by atoms with E-state index in [1.54, 1.807) is 24.7 Å². The third-order valence-electron chi connectivity index (χ3n) is 4.79. The van der Waals surface area contributed by atoms with Gasteiger partial charge in [-0.15, -0.1) is 11.3 Å². The lowest BCUT2D eigenvalue weighted by atomic mass is 10.1. The van der Waals surface area contributed by atoms with Crippen LogP contribution in [-0.4, -0.2) is 28.2 Å². The van der Waals surface area contributed by atoms with Gasteiger partial charge in [0.25, 0.3) is 0 Å². The highest BCUT2D eigenvalue weighted by molar-refractivity contribution is 7.09. The molecule has 1 atom stereocenters. The Labute approximate surface area is 173 Å². The van der Waals surface area contributed by atoms with Crippen LogP contribution in [0.4, 0.5) is 0 Å². The summed E-state index contributed by atoms with van der Waals surface area (Å²) >= 11 is 1.78. The van der Waals surface area contributed by atoms with E-state index in [4.69, 9.17) is 13.7 Å². The van der Waals surface area contributed by atoms with Gasteiger partial charge in [-0.05, 0) is 54.6 Å². The molecule has 0 radical (unpaired) electrons. The quantitative estimate of drug-likeness (QED) is 0.386. The van der Waals surface area contributed by atoms with E-state index >= 15 is 0 Å². The SMILES string of the molecule is COc1ccc(CN(Cc2nc(-c3ccco3)no2)[C@H](C)Cc2cccs2)cc1. The number of hydrogen-bond acceptors (Lipinski definition) is 7. The van der Waals surface area contributed by atoms with Crippen LogP contribution in [-0.2, 0) is 19.5 Å². The third kappa shape index (κ3) is 4.93. The summed E-state index contributed by atoms with van der Waals surface area (Å²) in [6, 6.07) is 16.3. The van der Waals surface area contributed by atoms with Crippen molar-refractivity contribution in [2.75, 3.05) is 7.11 Å². The number of ether oxygens (including phenoxy) is 1. The summed E-state index contributed by atoms with van der Waals surface area (Å²) in [5, 5.41) is 6.17. The molecule has 4 aromatic rings. The lowest BCUT2D eigenvalue weighted by Crippen LogP contribution is -2.33. The van der Waals surface area contributed by atoms with Gasteiger partial charge in [0.1, 0.15) is 5.75 Å². The molecule has 0 fully saturated rings. The maximum absolute atomic E-state index is 5.50. The van der Waals surface area contributed by atoms with Crippen LogP contribution in [0.15, 0.2) is 69.1 Å². The van der Waals surface area contributed by atoms with E-state index in [1.807, 2.05) is 24.3 Å². The molecule has 7 heteroatoms. The molecule has 0 spiro atoms. The highest BCUT2D eigenvalue weighted by Crippen LogP contribution is 2.21. The minimum atomic E-state index is 0.301. The second kappa shape index (κ2) is 9.07. The average molecular weight is 410 g/mol. The fraction of sp³-hybridized carbons (Fsp3) is 0.273. The molecule has 4 rings (SSSR count). The first-order valence-electron chi connectivity index (χ1n) is 9.47. The molecule has 0 N–H and O–H groups in total. The molecule has 3 aromatic heterocycles. The van der Waals surface area contributed by atoms with E-state index in [2.05, 4.69) is 51.6 Å². The highest BCUT2D eigenvalue weighted by Gasteiger charge is 2.20. The second-order valence-electron chi connectivity index (χ2n) is 6.87. The van der Waals surface area contributed by atoms with E-state index < -0.39 is 0 Å². The van der Waals surface area contributed by atoms with Crippen LogP contribution in [0.2, 0.25) is 0 Å². The molecule has 3 heterocycles. The summed E-state index contributed by atoms with van der Waals surface area (Å²) in [5.41, 5.74) is 1.20. The molecule has 29 heavy (non-hydrogen) atoms. The van der Waals surface area contributed by atoms with Gasteiger partial charge in [0.05, 0.1) is 19.9 Å². The molecule has 150 valence electrons. The number of aromatic nitrogens is 2. The molecule has 1 aromatic carbocycles. The van der Waals surface area contributed by atoms with Crippen LogP contribution < -0.4 is 4.74 Å². The van der Waals surface area contributed by atoms with Crippen molar-refractivity contribution in [3.05, 3.63) is 76.5 Å².